The van der Waals surface area contributed by atoms with Crippen LogP contribution in [-0.2, 0) is 29.5 Å². The third kappa shape index (κ3) is 4.05. The highest BCUT2D eigenvalue weighted by Crippen LogP contribution is 2.16. The van der Waals surface area contributed by atoms with E-state index in [1.54, 1.807) is 0 Å². The second-order valence-electron chi connectivity index (χ2n) is 5.28. The summed E-state index contributed by atoms with van der Waals surface area (Å²) in [6.07, 6.45) is 2.83. The van der Waals surface area contributed by atoms with Crippen molar-refractivity contribution in [2.75, 3.05) is 19.7 Å². The Morgan fingerprint density at radius 2 is 2.20 bits per heavy atom. The van der Waals surface area contributed by atoms with Crippen molar-refractivity contribution >= 4 is 5.97 Å². The average Bonchev–Trinajstić information content (AvgIpc) is 2.78. The Labute approximate surface area is 119 Å². The molecule has 112 valence electrons. The van der Waals surface area contributed by atoms with Crippen LogP contribution >= 0.6 is 0 Å². The van der Waals surface area contributed by atoms with E-state index in [2.05, 4.69) is 23.0 Å². The number of hydrogen-bond donors (Lipinski definition) is 1. The molecule has 0 aliphatic carbocycles. The molecule has 1 N–H and O–H groups in total. The largest absolute Gasteiger partial charge is 0.480 e. The Bertz CT molecular complexity index is 451. The van der Waals surface area contributed by atoms with Crippen molar-refractivity contribution < 1.29 is 14.6 Å². The summed E-state index contributed by atoms with van der Waals surface area (Å²) in [4.78, 5) is 12.8. The van der Waals surface area contributed by atoms with Gasteiger partial charge in [0.1, 0.15) is 6.61 Å². The second-order valence-corrected chi connectivity index (χ2v) is 5.28. The Balaban J connectivity index is 1.79. The summed E-state index contributed by atoms with van der Waals surface area (Å²) in [7, 11) is 1.98. The molecule has 1 aliphatic rings. The first-order chi connectivity index (χ1) is 9.58. The molecule has 2 rings (SSSR count). The van der Waals surface area contributed by atoms with E-state index < -0.39 is 5.97 Å². The molecule has 0 atom stereocenters. The third-order valence-electron chi connectivity index (χ3n) is 3.75. The first kappa shape index (κ1) is 15.0. The van der Waals surface area contributed by atoms with Gasteiger partial charge in [-0.25, -0.2) is 4.79 Å². The van der Waals surface area contributed by atoms with Gasteiger partial charge in [-0.3, -0.25) is 9.58 Å². The number of likely N-dealkylation sites (tertiary alicyclic amines) is 1. The van der Waals surface area contributed by atoms with Gasteiger partial charge in [-0.05, 0) is 25.3 Å². The Morgan fingerprint density at radius 1 is 1.50 bits per heavy atom. The standard InChI is InChI=1S/C14H23N3O3/c1-3-11-8-12(16(2)15-11)9-17-6-4-13(5-7-17)20-10-14(18)19/h8,13H,3-7,9-10H2,1-2H3,(H,18,19). The van der Waals surface area contributed by atoms with Gasteiger partial charge >= 0.3 is 5.97 Å². The van der Waals surface area contributed by atoms with Crippen LogP contribution in [0.25, 0.3) is 0 Å². The molecule has 1 aliphatic heterocycles. The fourth-order valence-corrected chi connectivity index (χ4v) is 2.54. The molecule has 1 aromatic rings. The number of piperidine rings is 1. The van der Waals surface area contributed by atoms with Crippen LogP contribution in [0.5, 0.6) is 0 Å². The molecule has 6 heteroatoms. The molecule has 1 saturated heterocycles. The third-order valence-corrected chi connectivity index (χ3v) is 3.75. The summed E-state index contributed by atoms with van der Waals surface area (Å²) in [6.45, 7) is 4.70. The van der Waals surface area contributed by atoms with Crippen LogP contribution in [0, 0.1) is 0 Å². The molecule has 1 fully saturated rings. The number of ether oxygens (including phenoxy) is 1. The van der Waals surface area contributed by atoms with E-state index in [1.165, 1.54) is 5.69 Å². The minimum atomic E-state index is -0.894. The molecule has 0 bridgehead atoms. The molecule has 2 heterocycles. The second kappa shape index (κ2) is 6.85. The number of hydrogen-bond acceptors (Lipinski definition) is 4. The molecule has 0 unspecified atom stereocenters. The van der Waals surface area contributed by atoms with Crippen molar-refractivity contribution in [2.45, 2.75) is 38.8 Å². The highest BCUT2D eigenvalue weighted by molar-refractivity contribution is 5.68. The minimum absolute atomic E-state index is 0.0834. The van der Waals surface area contributed by atoms with Crippen molar-refractivity contribution in [2.24, 2.45) is 7.05 Å². The summed E-state index contributed by atoms with van der Waals surface area (Å²) >= 11 is 0. The number of rotatable bonds is 6. The lowest BCUT2D eigenvalue weighted by Gasteiger charge is -2.31. The molecule has 0 aromatic carbocycles. The van der Waals surface area contributed by atoms with E-state index in [-0.39, 0.29) is 12.7 Å². The van der Waals surface area contributed by atoms with Crippen LogP contribution in [0.1, 0.15) is 31.2 Å². The van der Waals surface area contributed by atoms with Gasteiger partial charge in [0.25, 0.3) is 0 Å². The van der Waals surface area contributed by atoms with Crippen LogP contribution in [0.2, 0.25) is 0 Å². The maximum absolute atomic E-state index is 10.5. The Kier molecular flexibility index (Phi) is 5.14. The maximum atomic E-state index is 10.5. The van der Waals surface area contributed by atoms with Gasteiger partial charge in [-0.15, -0.1) is 0 Å². The van der Waals surface area contributed by atoms with Gasteiger partial charge in [0.15, 0.2) is 0 Å². The van der Waals surface area contributed by atoms with Gasteiger partial charge < -0.3 is 9.84 Å². The highest BCUT2D eigenvalue weighted by Gasteiger charge is 2.21. The molecule has 6 nitrogen and oxygen atoms in total. The Hall–Kier alpha value is -1.40. The van der Waals surface area contributed by atoms with Crippen molar-refractivity contribution in [3.63, 3.8) is 0 Å². The van der Waals surface area contributed by atoms with E-state index >= 15 is 0 Å². The average molecular weight is 281 g/mol. The number of aliphatic carboxylic acids is 1. The van der Waals surface area contributed by atoms with Gasteiger partial charge in [0.2, 0.25) is 0 Å². The summed E-state index contributed by atoms with van der Waals surface area (Å²) in [5.74, 6) is -0.894. The van der Waals surface area contributed by atoms with Crippen LogP contribution in [0.4, 0.5) is 0 Å². The molecule has 0 spiro atoms. The zero-order chi connectivity index (χ0) is 14.5. The van der Waals surface area contributed by atoms with Gasteiger partial charge in [0, 0.05) is 26.7 Å². The lowest BCUT2D eigenvalue weighted by molar-refractivity contribution is -0.145. The predicted molar refractivity (Wildman–Crippen MR) is 74.5 cm³/mol. The molecule has 0 radical (unpaired) electrons. The maximum Gasteiger partial charge on any atom is 0.329 e. The molecular formula is C14H23N3O3. The first-order valence-electron chi connectivity index (χ1n) is 7.16. The quantitative estimate of drug-likeness (QED) is 0.844. The van der Waals surface area contributed by atoms with Crippen LogP contribution in [0.3, 0.4) is 0 Å². The number of carbonyl (C=O) groups is 1. The van der Waals surface area contributed by atoms with Gasteiger partial charge in [-0.2, -0.15) is 5.10 Å². The zero-order valence-electron chi connectivity index (χ0n) is 12.2. The van der Waals surface area contributed by atoms with E-state index in [9.17, 15) is 4.79 Å². The summed E-state index contributed by atoms with van der Waals surface area (Å²) in [6, 6.07) is 2.16. The number of aryl methyl sites for hydroxylation is 2. The number of nitrogens with zero attached hydrogens (tertiary/aromatic N) is 3. The summed E-state index contributed by atoms with van der Waals surface area (Å²) < 4.78 is 7.29. The molecule has 1 aromatic heterocycles. The fraction of sp³-hybridized carbons (Fsp3) is 0.714. The van der Waals surface area contributed by atoms with Gasteiger partial charge in [0.05, 0.1) is 17.5 Å². The topological polar surface area (TPSA) is 67.6 Å². The van der Waals surface area contributed by atoms with E-state index in [0.29, 0.717) is 0 Å². The number of carboxylic acid groups (broad SMARTS) is 1. The molecular weight excluding hydrogens is 258 g/mol. The smallest absolute Gasteiger partial charge is 0.329 e. The lowest BCUT2D eigenvalue weighted by Crippen LogP contribution is -2.37. The van der Waals surface area contributed by atoms with Crippen molar-refractivity contribution in [3.05, 3.63) is 17.5 Å². The van der Waals surface area contributed by atoms with Crippen molar-refractivity contribution in [3.8, 4) is 0 Å². The SMILES string of the molecule is CCc1cc(CN2CCC(OCC(=O)O)CC2)n(C)n1. The Morgan fingerprint density at radius 3 is 2.75 bits per heavy atom. The zero-order valence-corrected chi connectivity index (χ0v) is 12.2. The molecule has 0 amide bonds. The number of aromatic nitrogens is 2. The summed E-state index contributed by atoms with van der Waals surface area (Å²) in [5.41, 5.74) is 2.36. The fourth-order valence-electron chi connectivity index (χ4n) is 2.54. The lowest BCUT2D eigenvalue weighted by atomic mass is 10.1. The summed E-state index contributed by atoms with van der Waals surface area (Å²) in [5, 5.41) is 13.1. The monoisotopic (exact) mass is 281 g/mol. The van der Waals surface area contributed by atoms with Crippen LogP contribution in [-0.4, -0.2) is 51.6 Å². The molecule has 20 heavy (non-hydrogen) atoms. The normalized spacial score (nSPS) is 17.5. The van der Waals surface area contributed by atoms with Crippen molar-refractivity contribution in [1.29, 1.82) is 0 Å². The van der Waals surface area contributed by atoms with E-state index in [1.807, 2.05) is 11.7 Å². The number of carboxylic acids is 1. The highest BCUT2D eigenvalue weighted by atomic mass is 16.5. The first-order valence-corrected chi connectivity index (χ1v) is 7.16. The van der Waals surface area contributed by atoms with Crippen LogP contribution in [0.15, 0.2) is 6.07 Å². The van der Waals surface area contributed by atoms with Crippen LogP contribution < -0.4 is 0 Å². The molecule has 0 saturated carbocycles. The minimum Gasteiger partial charge on any atom is -0.480 e. The van der Waals surface area contributed by atoms with Crippen molar-refractivity contribution in [1.82, 2.24) is 14.7 Å². The van der Waals surface area contributed by atoms with Gasteiger partial charge in [-0.1, -0.05) is 6.92 Å². The predicted octanol–water partition coefficient (Wildman–Crippen LogP) is 1.05. The van der Waals surface area contributed by atoms with E-state index in [0.717, 1.165) is 44.6 Å². The van der Waals surface area contributed by atoms with E-state index in [4.69, 9.17) is 9.84 Å².